The maximum atomic E-state index is 5.24. The summed E-state index contributed by atoms with van der Waals surface area (Å²) in [5, 5.41) is 0. The Morgan fingerprint density at radius 2 is 2.37 bits per heavy atom. The van der Waals surface area contributed by atoms with Crippen LogP contribution in [0, 0.1) is 0 Å². The molecular weight excluding hydrogens is 238 g/mol. The Morgan fingerprint density at radius 3 is 3.16 bits per heavy atom. The van der Waals surface area contributed by atoms with Crippen molar-refractivity contribution in [3.8, 4) is 5.75 Å². The van der Waals surface area contributed by atoms with E-state index in [2.05, 4.69) is 22.4 Å². The van der Waals surface area contributed by atoms with Crippen LogP contribution in [0.1, 0.15) is 25.5 Å². The van der Waals surface area contributed by atoms with Gasteiger partial charge in [-0.2, -0.15) is 0 Å². The fourth-order valence-corrected chi connectivity index (χ4v) is 3.03. The molecule has 0 spiro atoms. The molecule has 0 aliphatic carbocycles. The zero-order chi connectivity index (χ0) is 13.2. The van der Waals surface area contributed by atoms with E-state index in [0.717, 1.165) is 24.4 Å². The molecule has 0 radical (unpaired) electrons. The van der Waals surface area contributed by atoms with Crippen LogP contribution >= 0.6 is 0 Å². The molecule has 0 saturated carbocycles. The number of rotatable bonds is 4. The van der Waals surface area contributed by atoms with Crippen molar-refractivity contribution in [3.63, 3.8) is 0 Å². The van der Waals surface area contributed by atoms with Crippen LogP contribution in [0.5, 0.6) is 5.75 Å². The van der Waals surface area contributed by atoms with Gasteiger partial charge in [-0.3, -0.25) is 0 Å². The summed E-state index contributed by atoms with van der Waals surface area (Å²) in [5.74, 6) is 0.862. The number of fused-ring (bicyclic) bond motifs is 1. The molecular formula is C15H21N3O. The minimum atomic E-state index is 0.664. The van der Waals surface area contributed by atoms with Crippen LogP contribution in [0.3, 0.4) is 0 Å². The van der Waals surface area contributed by atoms with Gasteiger partial charge in [0.1, 0.15) is 11.4 Å². The Bertz CT molecular complexity index is 564. The lowest BCUT2D eigenvalue weighted by atomic mass is 10.1. The minimum absolute atomic E-state index is 0.664. The van der Waals surface area contributed by atoms with E-state index in [4.69, 9.17) is 9.72 Å². The van der Waals surface area contributed by atoms with Gasteiger partial charge in [0.2, 0.25) is 0 Å². The normalized spacial score (nSPS) is 20.2. The van der Waals surface area contributed by atoms with Crippen molar-refractivity contribution in [1.29, 1.82) is 0 Å². The van der Waals surface area contributed by atoms with Crippen LogP contribution in [0.15, 0.2) is 24.5 Å². The third-order valence-electron chi connectivity index (χ3n) is 4.07. The number of aromatic nitrogens is 2. The molecule has 1 fully saturated rings. The molecule has 4 heteroatoms. The minimum Gasteiger partial charge on any atom is -0.497 e. The molecule has 2 aromatic rings. The number of likely N-dealkylation sites (tertiary alicyclic amines) is 1. The highest BCUT2D eigenvalue weighted by atomic mass is 16.5. The molecule has 19 heavy (non-hydrogen) atoms. The maximum absolute atomic E-state index is 5.24. The molecule has 1 aliphatic rings. The van der Waals surface area contributed by atoms with Crippen LogP contribution in [-0.4, -0.2) is 40.5 Å². The molecule has 0 aromatic carbocycles. The molecule has 1 atom stereocenters. The van der Waals surface area contributed by atoms with Crippen molar-refractivity contribution in [3.05, 3.63) is 30.2 Å². The van der Waals surface area contributed by atoms with E-state index < -0.39 is 0 Å². The molecule has 4 nitrogen and oxygen atoms in total. The van der Waals surface area contributed by atoms with Crippen molar-refractivity contribution in [2.45, 2.75) is 32.2 Å². The monoisotopic (exact) mass is 259 g/mol. The quantitative estimate of drug-likeness (QED) is 0.844. The summed E-state index contributed by atoms with van der Waals surface area (Å²) in [5.41, 5.74) is 2.15. The molecule has 0 N–H and O–H groups in total. The summed E-state index contributed by atoms with van der Waals surface area (Å²) in [6.45, 7) is 4.63. The zero-order valence-electron chi connectivity index (χ0n) is 11.7. The van der Waals surface area contributed by atoms with Gasteiger partial charge in [0.15, 0.2) is 0 Å². The first-order valence-electron chi connectivity index (χ1n) is 7.06. The number of hydrogen-bond acceptors (Lipinski definition) is 3. The SMILES string of the molecule is CCN1CCCC1Cc1cn2ccc(OC)cc2n1. The van der Waals surface area contributed by atoms with E-state index >= 15 is 0 Å². The first-order chi connectivity index (χ1) is 9.30. The number of nitrogens with zero attached hydrogens (tertiary/aromatic N) is 3. The van der Waals surface area contributed by atoms with E-state index in [9.17, 15) is 0 Å². The van der Waals surface area contributed by atoms with E-state index in [0.29, 0.717) is 6.04 Å². The molecule has 3 heterocycles. The summed E-state index contributed by atoms with van der Waals surface area (Å²) in [6.07, 6.45) is 7.82. The van der Waals surface area contributed by atoms with Gasteiger partial charge >= 0.3 is 0 Å². The molecule has 0 bridgehead atoms. The maximum Gasteiger partial charge on any atom is 0.140 e. The Balaban J connectivity index is 1.81. The first-order valence-corrected chi connectivity index (χ1v) is 7.06. The van der Waals surface area contributed by atoms with Crippen LogP contribution in [0.4, 0.5) is 0 Å². The Labute approximate surface area is 114 Å². The first kappa shape index (κ1) is 12.5. The van der Waals surface area contributed by atoms with Crippen LogP contribution < -0.4 is 4.74 Å². The summed E-state index contributed by atoms with van der Waals surface area (Å²) in [7, 11) is 1.69. The second kappa shape index (κ2) is 5.21. The van der Waals surface area contributed by atoms with Crippen molar-refractivity contribution in [2.75, 3.05) is 20.2 Å². The topological polar surface area (TPSA) is 29.8 Å². The number of hydrogen-bond donors (Lipinski definition) is 0. The van der Waals surface area contributed by atoms with Crippen LogP contribution in [0.2, 0.25) is 0 Å². The van der Waals surface area contributed by atoms with Crippen molar-refractivity contribution in [2.24, 2.45) is 0 Å². The summed E-state index contributed by atoms with van der Waals surface area (Å²) in [6, 6.07) is 4.61. The van der Waals surface area contributed by atoms with Crippen LogP contribution in [-0.2, 0) is 6.42 Å². The Morgan fingerprint density at radius 1 is 1.47 bits per heavy atom. The second-order valence-electron chi connectivity index (χ2n) is 5.19. The van der Waals surface area contributed by atoms with E-state index in [-0.39, 0.29) is 0 Å². The average molecular weight is 259 g/mol. The fourth-order valence-electron chi connectivity index (χ4n) is 3.03. The highest BCUT2D eigenvalue weighted by molar-refractivity contribution is 5.45. The zero-order valence-corrected chi connectivity index (χ0v) is 11.7. The van der Waals surface area contributed by atoms with Crippen molar-refractivity contribution in [1.82, 2.24) is 14.3 Å². The molecule has 102 valence electrons. The molecule has 0 amide bonds. The average Bonchev–Trinajstić information content (AvgIpc) is 3.03. The molecule has 3 rings (SSSR count). The van der Waals surface area contributed by atoms with Crippen molar-refractivity contribution < 1.29 is 4.74 Å². The number of pyridine rings is 1. The molecule has 1 aliphatic heterocycles. The number of methoxy groups -OCH3 is 1. The number of imidazole rings is 1. The summed E-state index contributed by atoms with van der Waals surface area (Å²) >= 11 is 0. The van der Waals surface area contributed by atoms with Gasteiger partial charge in [-0.25, -0.2) is 4.98 Å². The van der Waals surface area contributed by atoms with Gasteiger partial charge in [-0.15, -0.1) is 0 Å². The van der Waals surface area contributed by atoms with E-state index in [1.54, 1.807) is 7.11 Å². The lowest BCUT2D eigenvalue weighted by Gasteiger charge is -2.21. The van der Waals surface area contributed by atoms with E-state index in [1.807, 2.05) is 18.3 Å². The molecule has 2 aromatic heterocycles. The van der Waals surface area contributed by atoms with Gasteiger partial charge in [-0.05, 0) is 32.0 Å². The van der Waals surface area contributed by atoms with E-state index in [1.165, 1.54) is 25.1 Å². The number of likely N-dealkylation sites (N-methyl/N-ethyl adjacent to an activating group) is 1. The third kappa shape index (κ3) is 2.45. The largest absolute Gasteiger partial charge is 0.497 e. The third-order valence-corrected chi connectivity index (χ3v) is 4.07. The standard InChI is InChI=1S/C15H21N3O/c1-3-17-7-4-5-13(17)9-12-11-18-8-6-14(19-2)10-15(18)16-12/h6,8,10-11,13H,3-5,7,9H2,1-2H3. The lowest BCUT2D eigenvalue weighted by Crippen LogP contribution is -2.30. The fraction of sp³-hybridized carbons (Fsp3) is 0.533. The molecule has 1 unspecified atom stereocenters. The number of ether oxygens (including phenoxy) is 1. The Hall–Kier alpha value is -1.55. The highest BCUT2D eigenvalue weighted by Gasteiger charge is 2.23. The smallest absolute Gasteiger partial charge is 0.140 e. The highest BCUT2D eigenvalue weighted by Crippen LogP contribution is 2.21. The Kier molecular flexibility index (Phi) is 3.42. The summed E-state index contributed by atoms with van der Waals surface area (Å²) in [4.78, 5) is 7.27. The van der Waals surface area contributed by atoms with Gasteiger partial charge in [-0.1, -0.05) is 6.92 Å². The van der Waals surface area contributed by atoms with Gasteiger partial charge in [0, 0.05) is 30.9 Å². The van der Waals surface area contributed by atoms with Crippen LogP contribution in [0.25, 0.3) is 5.65 Å². The molecule has 1 saturated heterocycles. The van der Waals surface area contributed by atoms with Gasteiger partial charge in [0.05, 0.1) is 12.8 Å². The second-order valence-corrected chi connectivity index (χ2v) is 5.19. The van der Waals surface area contributed by atoms with Crippen molar-refractivity contribution >= 4 is 5.65 Å². The van der Waals surface area contributed by atoms with Gasteiger partial charge < -0.3 is 14.0 Å². The lowest BCUT2D eigenvalue weighted by molar-refractivity contribution is 0.265. The van der Waals surface area contributed by atoms with Gasteiger partial charge in [0.25, 0.3) is 0 Å². The summed E-state index contributed by atoms with van der Waals surface area (Å²) < 4.78 is 7.31. The predicted octanol–water partition coefficient (Wildman–Crippen LogP) is 2.37. The predicted molar refractivity (Wildman–Crippen MR) is 75.7 cm³/mol.